The fourth-order valence-corrected chi connectivity index (χ4v) is 5.01. The van der Waals surface area contributed by atoms with Crippen LogP contribution in [0.2, 0.25) is 0 Å². The first-order chi connectivity index (χ1) is 23.3. The number of amides is 2. The molecule has 0 spiro atoms. The summed E-state index contributed by atoms with van der Waals surface area (Å²) in [7, 11) is 0. The number of ketones is 4. The molecule has 0 saturated carbocycles. The van der Waals surface area contributed by atoms with E-state index in [0.717, 1.165) is 0 Å². The van der Waals surface area contributed by atoms with Gasteiger partial charge in [0.1, 0.15) is 11.8 Å². The fourth-order valence-electron chi connectivity index (χ4n) is 4.88. The number of rotatable bonds is 5. The summed E-state index contributed by atoms with van der Waals surface area (Å²) in [5, 5.41) is 4.57. The molecule has 0 aromatic heterocycles. The fraction of sp³-hybridized carbons (Fsp3) is 0.0882. The van der Waals surface area contributed by atoms with Crippen molar-refractivity contribution in [3.05, 3.63) is 117 Å². The quantitative estimate of drug-likeness (QED) is 0.101. The molecule has 49 heavy (non-hydrogen) atoms. The molecule has 2 aliphatic carbocycles. The molecule has 0 unspecified atom stereocenters. The lowest BCUT2D eigenvalue weighted by Gasteiger charge is -2.19. The standard InChI is InChI=1S/C18H12Cl2N2O4.C14H10N2O2.C2H2Cl2O/c19-7-15(23)21-9-1-3-11-13(5-9)18(26)14-6-10(22-16(24)8-20)2-4-12(14)17(11)25;15-7-1-3-9-11(5-7)14(18)12-6-8(16)2-4-10(12)13(9)17;3-1-2(4)5/h1-6H,7-8H2,(H,21,23)(H,22,24);1-6H,15-16H2;1H2. The van der Waals surface area contributed by atoms with Gasteiger partial charge in [-0.05, 0) is 84.4 Å². The molecule has 4 aromatic rings. The number of hydrogen-bond acceptors (Lipinski definition) is 9. The summed E-state index contributed by atoms with van der Waals surface area (Å²) in [6.07, 6.45) is 0. The number of fused-ring (bicyclic) bond motifs is 4. The van der Waals surface area contributed by atoms with Crippen LogP contribution in [0.15, 0.2) is 72.8 Å². The van der Waals surface area contributed by atoms with Crippen molar-refractivity contribution in [2.75, 3.05) is 39.7 Å². The second-order valence-corrected chi connectivity index (χ2v) is 11.5. The second kappa shape index (κ2) is 15.9. The Balaban J connectivity index is 0.000000203. The maximum Gasteiger partial charge on any atom is 0.239 e. The molecule has 0 fully saturated rings. The first-order valence-electron chi connectivity index (χ1n) is 14.0. The number of hydrogen-bond donors (Lipinski definition) is 4. The Morgan fingerprint density at radius 3 is 1.06 bits per heavy atom. The Bertz CT molecular complexity index is 1940. The highest BCUT2D eigenvalue weighted by Gasteiger charge is 2.31. The number of nitrogens with one attached hydrogen (secondary N) is 2. The molecule has 2 amide bonds. The minimum absolute atomic E-state index is 0.0957. The number of alkyl halides is 3. The zero-order valence-electron chi connectivity index (χ0n) is 25.1. The lowest BCUT2D eigenvalue weighted by molar-refractivity contribution is -0.114. The average molecular weight is 742 g/mol. The van der Waals surface area contributed by atoms with Crippen LogP contribution in [0, 0.1) is 0 Å². The molecule has 6 rings (SSSR count). The molecule has 0 saturated heterocycles. The van der Waals surface area contributed by atoms with E-state index in [2.05, 4.69) is 10.6 Å². The summed E-state index contributed by atoms with van der Waals surface area (Å²) in [4.78, 5) is 82.3. The molecule has 2 aliphatic rings. The zero-order chi connectivity index (χ0) is 36.0. The van der Waals surface area contributed by atoms with Crippen molar-refractivity contribution in [3.63, 3.8) is 0 Å². The van der Waals surface area contributed by atoms with Crippen LogP contribution in [0.25, 0.3) is 0 Å². The van der Waals surface area contributed by atoms with Crippen LogP contribution in [0.1, 0.15) is 63.7 Å². The van der Waals surface area contributed by atoms with Crippen LogP contribution in [0.3, 0.4) is 0 Å². The lowest BCUT2D eigenvalue weighted by Crippen LogP contribution is -2.22. The second-order valence-electron chi connectivity index (χ2n) is 10.3. The van der Waals surface area contributed by atoms with Crippen molar-refractivity contribution < 1.29 is 33.6 Å². The van der Waals surface area contributed by atoms with Gasteiger partial charge in [-0.3, -0.25) is 33.6 Å². The van der Waals surface area contributed by atoms with Gasteiger partial charge >= 0.3 is 0 Å². The van der Waals surface area contributed by atoms with E-state index in [-0.39, 0.29) is 63.0 Å². The number of anilines is 4. The minimum atomic E-state index is -0.508. The number of carbonyl (C=O) groups is 7. The third-order valence-electron chi connectivity index (χ3n) is 7.00. The maximum absolute atomic E-state index is 12.8. The number of benzene rings is 4. The first-order valence-corrected chi connectivity index (χ1v) is 16.0. The minimum Gasteiger partial charge on any atom is -0.399 e. The van der Waals surface area contributed by atoms with E-state index >= 15 is 0 Å². The Morgan fingerprint density at radius 1 is 0.469 bits per heavy atom. The molecular formula is C34H24Cl4N4O7. The van der Waals surface area contributed by atoms with E-state index in [4.69, 9.17) is 57.9 Å². The van der Waals surface area contributed by atoms with Crippen molar-refractivity contribution in [3.8, 4) is 0 Å². The topological polar surface area (TPSA) is 196 Å². The molecular weight excluding hydrogens is 718 g/mol. The van der Waals surface area contributed by atoms with E-state index < -0.39 is 17.1 Å². The molecule has 0 heterocycles. The van der Waals surface area contributed by atoms with Crippen molar-refractivity contribution >= 4 is 109 Å². The number of halogens is 4. The van der Waals surface area contributed by atoms with Gasteiger partial charge in [0.05, 0.1) is 5.88 Å². The van der Waals surface area contributed by atoms with E-state index in [1.54, 1.807) is 24.3 Å². The predicted octanol–water partition coefficient (Wildman–Crippen LogP) is 5.43. The molecule has 11 nitrogen and oxygen atoms in total. The van der Waals surface area contributed by atoms with Gasteiger partial charge in [0.25, 0.3) is 0 Å². The smallest absolute Gasteiger partial charge is 0.239 e. The van der Waals surface area contributed by atoms with Crippen LogP contribution in [-0.2, 0) is 14.4 Å². The largest absolute Gasteiger partial charge is 0.399 e. The molecule has 0 aliphatic heterocycles. The number of nitrogen functional groups attached to an aromatic ring is 2. The van der Waals surface area contributed by atoms with Crippen molar-refractivity contribution in [1.29, 1.82) is 0 Å². The van der Waals surface area contributed by atoms with E-state index in [9.17, 15) is 33.6 Å². The summed E-state index contributed by atoms with van der Waals surface area (Å²) in [6, 6.07) is 18.4. The van der Waals surface area contributed by atoms with Gasteiger partial charge < -0.3 is 22.1 Å². The van der Waals surface area contributed by atoms with Gasteiger partial charge in [0, 0.05) is 67.3 Å². The van der Waals surface area contributed by atoms with Crippen molar-refractivity contribution in [2.24, 2.45) is 0 Å². The van der Waals surface area contributed by atoms with Gasteiger partial charge in [-0.15, -0.1) is 34.8 Å². The van der Waals surface area contributed by atoms with Crippen LogP contribution in [0.5, 0.6) is 0 Å². The molecule has 0 bridgehead atoms. The van der Waals surface area contributed by atoms with Gasteiger partial charge in [-0.2, -0.15) is 0 Å². The Morgan fingerprint density at radius 2 is 0.755 bits per heavy atom. The SMILES string of the molecule is Nc1ccc2c(c1)C(=O)c1cc(N)ccc1C2=O.O=C(CCl)Nc1ccc2c(c1)C(=O)c1cc(NC(=O)CCl)ccc1C2=O.O=C(Cl)CCl. The van der Waals surface area contributed by atoms with E-state index in [0.29, 0.717) is 45.0 Å². The monoisotopic (exact) mass is 740 g/mol. The highest BCUT2D eigenvalue weighted by Crippen LogP contribution is 2.32. The summed E-state index contributed by atoms with van der Waals surface area (Å²) < 4.78 is 0. The number of nitrogens with two attached hydrogens (primary N) is 2. The Hall–Kier alpha value is -5.07. The molecule has 4 aromatic carbocycles. The van der Waals surface area contributed by atoms with Crippen molar-refractivity contribution in [2.45, 2.75) is 0 Å². The van der Waals surface area contributed by atoms with Gasteiger partial charge in [-0.25, -0.2) is 0 Å². The summed E-state index contributed by atoms with van der Waals surface area (Å²) >= 11 is 20.5. The zero-order valence-corrected chi connectivity index (χ0v) is 28.1. The van der Waals surface area contributed by atoms with Crippen LogP contribution >= 0.6 is 46.4 Å². The summed E-state index contributed by atoms with van der Waals surface area (Å²) in [5.74, 6) is -2.45. The highest BCUT2D eigenvalue weighted by atomic mass is 35.5. The summed E-state index contributed by atoms with van der Waals surface area (Å²) in [6.45, 7) is 0. The van der Waals surface area contributed by atoms with Crippen molar-refractivity contribution in [1.82, 2.24) is 0 Å². The van der Waals surface area contributed by atoms with Crippen LogP contribution in [-0.4, -0.2) is 57.8 Å². The highest BCUT2D eigenvalue weighted by molar-refractivity contribution is 6.67. The van der Waals surface area contributed by atoms with E-state index in [1.165, 1.54) is 48.5 Å². The molecule has 250 valence electrons. The van der Waals surface area contributed by atoms with Gasteiger partial charge in [0.2, 0.25) is 17.1 Å². The third kappa shape index (κ3) is 8.33. The number of carbonyl (C=O) groups excluding carboxylic acids is 7. The van der Waals surface area contributed by atoms with Gasteiger partial charge in [0.15, 0.2) is 23.1 Å². The molecule has 0 atom stereocenters. The Kier molecular flexibility index (Phi) is 11.9. The van der Waals surface area contributed by atoms with Gasteiger partial charge in [-0.1, -0.05) is 0 Å². The predicted molar refractivity (Wildman–Crippen MR) is 189 cm³/mol. The first kappa shape index (κ1) is 36.8. The Labute approximate surface area is 298 Å². The average Bonchev–Trinajstić information content (AvgIpc) is 3.09. The normalized spacial score (nSPS) is 12.1. The van der Waals surface area contributed by atoms with Crippen LogP contribution in [0.4, 0.5) is 22.7 Å². The molecule has 15 heteroatoms. The van der Waals surface area contributed by atoms with Crippen LogP contribution < -0.4 is 22.1 Å². The lowest BCUT2D eigenvalue weighted by atomic mass is 9.83. The molecule has 0 radical (unpaired) electrons. The third-order valence-corrected chi connectivity index (χ3v) is 8.00. The summed E-state index contributed by atoms with van der Waals surface area (Å²) in [5.41, 5.74) is 15.3. The molecule has 6 N–H and O–H groups in total. The van der Waals surface area contributed by atoms with E-state index in [1.807, 2.05) is 0 Å². The maximum atomic E-state index is 12.8.